The zero-order valence-electron chi connectivity index (χ0n) is 13.9. The molecule has 0 bridgehead atoms. The Morgan fingerprint density at radius 3 is 2.21 bits per heavy atom. The van der Waals surface area contributed by atoms with Gasteiger partial charge in [0.15, 0.2) is 0 Å². The number of nitrogens with one attached hydrogen (secondary N) is 2. The van der Waals surface area contributed by atoms with Crippen LogP contribution in [0.3, 0.4) is 0 Å². The van der Waals surface area contributed by atoms with Crippen molar-refractivity contribution in [3.05, 3.63) is 0 Å². The highest BCUT2D eigenvalue weighted by Crippen LogP contribution is 2.19. The highest BCUT2D eigenvalue weighted by Gasteiger charge is 2.33. The zero-order chi connectivity index (χ0) is 17.7. The van der Waals surface area contributed by atoms with Crippen LogP contribution in [0.1, 0.15) is 32.6 Å². The van der Waals surface area contributed by atoms with Gasteiger partial charge in [0.05, 0.1) is 6.54 Å². The number of urea groups is 1. The van der Waals surface area contributed by atoms with E-state index in [-0.39, 0.29) is 24.0 Å². The molecule has 0 saturated carbocycles. The Morgan fingerprint density at radius 1 is 1.04 bits per heavy atom. The van der Waals surface area contributed by atoms with E-state index in [0.717, 1.165) is 6.42 Å². The van der Waals surface area contributed by atoms with Crippen molar-refractivity contribution in [2.24, 2.45) is 0 Å². The van der Waals surface area contributed by atoms with E-state index in [1.54, 1.807) is 11.8 Å². The maximum Gasteiger partial charge on any atom is 0.401 e. The number of likely N-dealkylation sites (tertiary alicyclic amines) is 2. The molecule has 1 atom stereocenters. The molecule has 3 amide bonds. The average Bonchev–Trinajstić information content (AvgIpc) is 2.95. The lowest BCUT2D eigenvalue weighted by molar-refractivity contribution is -0.148. The second kappa shape index (κ2) is 8.04. The standard InChI is InChI=1S/C15H25F3N4O2/c1-2-13(23)22-8-5-12(9-22)20-14(24)19-11-3-6-21(7-4-11)10-15(16,17)18/h11-12H,2-10H2,1H3,(H2,19,20,24). The van der Waals surface area contributed by atoms with Gasteiger partial charge in [0.1, 0.15) is 0 Å². The molecule has 2 aliphatic heterocycles. The van der Waals surface area contributed by atoms with Crippen LogP contribution >= 0.6 is 0 Å². The zero-order valence-corrected chi connectivity index (χ0v) is 13.9. The summed E-state index contributed by atoms with van der Waals surface area (Å²) in [7, 11) is 0. The van der Waals surface area contributed by atoms with Crippen molar-refractivity contribution in [3.63, 3.8) is 0 Å². The summed E-state index contributed by atoms with van der Waals surface area (Å²) in [6, 6.07) is -0.477. The van der Waals surface area contributed by atoms with E-state index < -0.39 is 12.7 Å². The second-order valence-electron chi connectivity index (χ2n) is 6.46. The molecule has 24 heavy (non-hydrogen) atoms. The summed E-state index contributed by atoms with van der Waals surface area (Å²) < 4.78 is 37.0. The van der Waals surface area contributed by atoms with Crippen LogP contribution in [0.4, 0.5) is 18.0 Å². The van der Waals surface area contributed by atoms with Gasteiger partial charge in [-0.3, -0.25) is 9.69 Å². The van der Waals surface area contributed by atoms with Crippen molar-refractivity contribution in [2.75, 3.05) is 32.7 Å². The Bertz CT molecular complexity index is 450. The molecular weight excluding hydrogens is 325 g/mol. The molecule has 0 aliphatic carbocycles. The Labute approximate surface area is 139 Å². The first-order chi connectivity index (χ1) is 11.3. The Hall–Kier alpha value is -1.51. The number of rotatable bonds is 4. The third kappa shape index (κ3) is 5.85. The molecule has 9 heteroatoms. The quantitative estimate of drug-likeness (QED) is 0.804. The van der Waals surface area contributed by atoms with E-state index >= 15 is 0 Å². The summed E-state index contributed by atoms with van der Waals surface area (Å²) in [6.45, 7) is 2.73. The molecule has 138 valence electrons. The molecule has 6 nitrogen and oxygen atoms in total. The van der Waals surface area contributed by atoms with Gasteiger partial charge in [0, 0.05) is 44.7 Å². The maximum atomic E-state index is 12.3. The largest absolute Gasteiger partial charge is 0.401 e. The highest BCUT2D eigenvalue weighted by molar-refractivity contribution is 5.77. The van der Waals surface area contributed by atoms with Gasteiger partial charge in [0.2, 0.25) is 5.91 Å². The maximum absolute atomic E-state index is 12.3. The first-order valence-corrected chi connectivity index (χ1v) is 8.40. The van der Waals surface area contributed by atoms with E-state index in [9.17, 15) is 22.8 Å². The van der Waals surface area contributed by atoms with Gasteiger partial charge in [-0.2, -0.15) is 13.2 Å². The molecular formula is C15H25F3N4O2. The van der Waals surface area contributed by atoms with Gasteiger partial charge in [-0.25, -0.2) is 4.79 Å². The van der Waals surface area contributed by atoms with Gasteiger partial charge in [-0.05, 0) is 19.3 Å². The predicted molar refractivity (Wildman–Crippen MR) is 82.5 cm³/mol. The number of hydrogen-bond acceptors (Lipinski definition) is 3. The summed E-state index contributed by atoms with van der Waals surface area (Å²) in [5.41, 5.74) is 0. The molecule has 0 aromatic carbocycles. The number of nitrogens with zero attached hydrogens (tertiary/aromatic N) is 2. The van der Waals surface area contributed by atoms with Crippen LogP contribution in [-0.2, 0) is 4.79 Å². The van der Waals surface area contributed by atoms with Crippen LogP contribution in [0, 0.1) is 0 Å². The minimum atomic E-state index is -4.18. The summed E-state index contributed by atoms with van der Waals surface area (Å²) in [5.74, 6) is 0.0803. The van der Waals surface area contributed by atoms with Crippen molar-refractivity contribution >= 4 is 11.9 Å². The third-order valence-corrected chi connectivity index (χ3v) is 4.50. The predicted octanol–water partition coefficient (Wildman–Crippen LogP) is 1.32. The first kappa shape index (κ1) is 18.8. The van der Waals surface area contributed by atoms with E-state index in [2.05, 4.69) is 10.6 Å². The minimum absolute atomic E-state index is 0.0641. The molecule has 2 rings (SSSR count). The molecule has 2 fully saturated rings. The summed E-state index contributed by atoms with van der Waals surface area (Å²) in [5, 5.41) is 5.67. The number of halogens is 3. The molecule has 2 saturated heterocycles. The fourth-order valence-corrected chi connectivity index (χ4v) is 3.23. The molecule has 0 spiro atoms. The number of piperidine rings is 1. The summed E-state index contributed by atoms with van der Waals surface area (Å²) in [4.78, 5) is 26.7. The van der Waals surface area contributed by atoms with Crippen LogP contribution in [-0.4, -0.2) is 72.7 Å². The molecule has 2 aliphatic rings. The van der Waals surface area contributed by atoms with E-state index in [4.69, 9.17) is 0 Å². The average molecular weight is 350 g/mol. The topological polar surface area (TPSA) is 64.7 Å². The Balaban J connectivity index is 1.66. The number of hydrogen-bond donors (Lipinski definition) is 2. The Kier molecular flexibility index (Phi) is 6.31. The number of amides is 3. The van der Waals surface area contributed by atoms with Crippen molar-refractivity contribution in [1.82, 2.24) is 20.4 Å². The Morgan fingerprint density at radius 2 is 1.62 bits per heavy atom. The van der Waals surface area contributed by atoms with Crippen molar-refractivity contribution in [1.29, 1.82) is 0 Å². The second-order valence-corrected chi connectivity index (χ2v) is 6.46. The summed E-state index contributed by atoms with van der Waals surface area (Å²) in [6.07, 6.45) is -1.98. The van der Waals surface area contributed by atoms with Crippen LogP contribution < -0.4 is 10.6 Å². The normalized spacial score (nSPS) is 23.3. The smallest absolute Gasteiger partial charge is 0.341 e. The lowest BCUT2D eigenvalue weighted by Gasteiger charge is -2.32. The van der Waals surface area contributed by atoms with Crippen LogP contribution in [0.25, 0.3) is 0 Å². The van der Waals surface area contributed by atoms with Crippen LogP contribution in [0.2, 0.25) is 0 Å². The van der Waals surface area contributed by atoms with Crippen molar-refractivity contribution < 1.29 is 22.8 Å². The minimum Gasteiger partial charge on any atom is -0.341 e. The molecule has 1 unspecified atom stereocenters. The number of alkyl halides is 3. The van der Waals surface area contributed by atoms with E-state index in [1.807, 2.05) is 0 Å². The fourth-order valence-electron chi connectivity index (χ4n) is 3.23. The fraction of sp³-hybridized carbons (Fsp3) is 0.867. The molecule has 0 radical (unpaired) electrons. The monoisotopic (exact) mass is 350 g/mol. The van der Waals surface area contributed by atoms with Gasteiger partial charge >= 0.3 is 12.2 Å². The molecule has 2 heterocycles. The highest BCUT2D eigenvalue weighted by atomic mass is 19.4. The molecule has 0 aromatic rings. The van der Waals surface area contributed by atoms with Crippen molar-refractivity contribution in [2.45, 2.75) is 50.9 Å². The van der Waals surface area contributed by atoms with Crippen molar-refractivity contribution in [3.8, 4) is 0 Å². The van der Waals surface area contributed by atoms with Gasteiger partial charge in [0.25, 0.3) is 0 Å². The lowest BCUT2D eigenvalue weighted by Crippen LogP contribution is -2.51. The van der Waals surface area contributed by atoms with Gasteiger partial charge in [-0.1, -0.05) is 6.92 Å². The van der Waals surface area contributed by atoms with E-state index in [1.165, 1.54) is 4.90 Å². The van der Waals surface area contributed by atoms with Gasteiger partial charge < -0.3 is 15.5 Å². The SMILES string of the molecule is CCC(=O)N1CCC(NC(=O)NC2CCN(CC(F)(F)F)CC2)C1. The van der Waals surface area contributed by atoms with Crippen LogP contribution in [0.5, 0.6) is 0 Å². The third-order valence-electron chi connectivity index (χ3n) is 4.50. The van der Waals surface area contributed by atoms with E-state index in [0.29, 0.717) is 45.4 Å². The van der Waals surface area contributed by atoms with Crippen LogP contribution in [0.15, 0.2) is 0 Å². The first-order valence-electron chi connectivity index (χ1n) is 8.40. The molecule has 0 aromatic heterocycles. The number of carbonyl (C=O) groups is 2. The van der Waals surface area contributed by atoms with Gasteiger partial charge in [-0.15, -0.1) is 0 Å². The summed E-state index contributed by atoms with van der Waals surface area (Å²) >= 11 is 0. The lowest BCUT2D eigenvalue weighted by atomic mass is 10.1. The molecule has 2 N–H and O–H groups in total. The number of carbonyl (C=O) groups excluding carboxylic acids is 2.